The minimum absolute atomic E-state index is 0.166. The van der Waals surface area contributed by atoms with Gasteiger partial charge in [-0.2, -0.15) is 0 Å². The molecule has 3 aliphatic rings. The molecule has 0 aromatic rings. The van der Waals surface area contributed by atoms with E-state index in [0.29, 0.717) is 29.8 Å². The first kappa shape index (κ1) is 13.4. The quantitative estimate of drug-likeness (QED) is 0.748. The molecule has 3 fully saturated rings. The van der Waals surface area contributed by atoms with Gasteiger partial charge in [0.1, 0.15) is 0 Å². The van der Waals surface area contributed by atoms with Gasteiger partial charge in [-0.15, -0.1) is 0 Å². The molecule has 1 aliphatic carbocycles. The highest BCUT2D eigenvalue weighted by atomic mass is 16.3. The molecular weight excluding hydrogens is 240 g/mol. The van der Waals surface area contributed by atoms with E-state index in [4.69, 9.17) is 0 Å². The standard InChI is InChI=1S/C15H26N2O2/c1-14(2)5-10-6-15(3,8-14)9-17(10)13(19)12-4-11(18)7-16-12/h10-12,16,18H,4-9H2,1-3H3. The van der Waals surface area contributed by atoms with E-state index < -0.39 is 0 Å². The SMILES string of the molecule is CC1(C)CC2CC(C)(CN2C(=O)C2CC(O)CN2)C1. The van der Waals surface area contributed by atoms with Gasteiger partial charge in [0.05, 0.1) is 12.1 Å². The Labute approximate surface area is 115 Å². The van der Waals surface area contributed by atoms with Gasteiger partial charge in [-0.05, 0) is 36.5 Å². The fourth-order valence-corrected chi connectivity index (χ4v) is 4.82. The third-order valence-electron chi connectivity index (χ3n) is 5.10. The molecule has 4 nitrogen and oxygen atoms in total. The zero-order chi connectivity index (χ0) is 13.8. The summed E-state index contributed by atoms with van der Waals surface area (Å²) in [7, 11) is 0. The minimum Gasteiger partial charge on any atom is -0.392 e. The lowest BCUT2D eigenvalue weighted by molar-refractivity contribution is -0.134. The Morgan fingerprint density at radius 2 is 2.05 bits per heavy atom. The maximum absolute atomic E-state index is 12.6. The summed E-state index contributed by atoms with van der Waals surface area (Å²) in [6, 6.07) is 0.238. The first-order chi connectivity index (χ1) is 8.78. The lowest BCUT2D eigenvalue weighted by Crippen LogP contribution is -2.46. The molecule has 0 aromatic carbocycles. The molecule has 2 heterocycles. The van der Waals surface area contributed by atoms with Gasteiger partial charge in [-0.3, -0.25) is 4.79 Å². The van der Waals surface area contributed by atoms with Crippen molar-refractivity contribution in [2.75, 3.05) is 13.1 Å². The van der Waals surface area contributed by atoms with E-state index in [2.05, 4.69) is 31.0 Å². The number of nitrogens with one attached hydrogen (secondary N) is 1. The molecule has 2 aliphatic heterocycles. The first-order valence-electron chi connectivity index (χ1n) is 7.50. The molecule has 2 saturated heterocycles. The van der Waals surface area contributed by atoms with Crippen LogP contribution in [-0.2, 0) is 4.79 Å². The predicted molar refractivity (Wildman–Crippen MR) is 73.7 cm³/mol. The van der Waals surface area contributed by atoms with E-state index in [-0.39, 0.29) is 18.1 Å². The summed E-state index contributed by atoms with van der Waals surface area (Å²) in [4.78, 5) is 14.7. The Morgan fingerprint density at radius 3 is 2.68 bits per heavy atom. The van der Waals surface area contributed by atoms with Crippen LogP contribution in [0.5, 0.6) is 0 Å². The van der Waals surface area contributed by atoms with Gasteiger partial charge < -0.3 is 15.3 Å². The fourth-order valence-electron chi connectivity index (χ4n) is 4.82. The average Bonchev–Trinajstić information content (AvgIpc) is 2.78. The van der Waals surface area contributed by atoms with Crippen molar-refractivity contribution < 1.29 is 9.90 Å². The molecule has 0 spiro atoms. The molecule has 0 radical (unpaired) electrons. The van der Waals surface area contributed by atoms with Crippen LogP contribution in [0.2, 0.25) is 0 Å². The van der Waals surface area contributed by atoms with Crippen molar-refractivity contribution in [3.8, 4) is 0 Å². The molecular formula is C15H26N2O2. The molecule has 0 aromatic heterocycles. The molecule has 3 rings (SSSR count). The molecule has 19 heavy (non-hydrogen) atoms. The van der Waals surface area contributed by atoms with Gasteiger partial charge in [0.25, 0.3) is 0 Å². The third-order valence-corrected chi connectivity index (χ3v) is 5.10. The average molecular weight is 266 g/mol. The maximum Gasteiger partial charge on any atom is 0.240 e. The van der Waals surface area contributed by atoms with E-state index in [1.165, 1.54) is 6.42 Å². The third kappa shape index (κ3) is 2.40. The lowest BCUT2D eigenvalue weighted by atomic mass is 9.65. The van der Waals surface area contributed by atoms with Crippen LogP contribution >= 0.6 is 0 Å². The fraction of sp³-hybridized carbons (Fsp3) is 0.933. The van der Waals surface area contributed by atoms with Crippen molar-refractivity contribution in [1.29, 1.82) is 0 Å². The van der Waals surface area contributed by atoms with Crippen molar-refractivity contribution in [3.05, 3.63) is 0 Å². The number of hydrogen-bond donors (Lipinski definition) is 2. The number of aliphatic hydroxyl groups is 1. The normalized spacial score (nSPS) is 44.6. The second-order valence-corrected chi connectivity index (χ2v) is 8.03. The largest absolute Gasteiger partial charge is 0.392 e. The summed E-state index contributed by atoms with van der Waals surface area (Å²) in [5.41, 5.74) is 0.634. The van der Waals surface area contributed by atoms with Gasteiger partial charge in [0, 0.05) is 19.1 Å². The zero-order valence-electron chi connectivity index (χ0n) is 12.3. The number of fused-ring (bicyclic) bond motifs is 2. The topological polar surface area (TPSA) is 52.6 Å². The van der Waals surface area contributed by atoms with Crippen LogP contribution in [0.1, 0.15) is 46.5 Å². The molecule has 4 unspecified atom stereocenters. The summed E-state index contributed by atoms with van der Waals surface area (Å²) in [5.74, 6) is 0.211. The Hall–Kier alpha value is -0.610. The van der Waals surface area contributed by atoms with E-state index in [1.54, 1.807) is 0 Å². The summed E-state index contributed by atoms with van der Waals surface area (Å²) < 4.78 is 0. The molecule has 4 atom stereocenters. The second-order valence-electron chi connectivity index (χ2n) is 8.03. The van der Waals surface area contributed by atoms with Gasteiger partial charge in [0.2, 0.25) is 5.91 Å². The Morgan fingerprint density at radius 1 is 1.32 bits per heavy atom. The van der Waals surface area contributed by atoms with Crippen molar-refractivity contribution in [3.63, 3.8) is 0 Å². The molecule has 2 bridgehead atoms. The monoisotopic (exact) mass is 266 g/mol. The van der Waals surface area contributed by atoms with Crippen molar-refractivity contribution in [2.24, 2.45) is 10.8 Å². The number of carbonyl (C=O) groups excluding carboxylic acids is 1. The van der Waals surface area contributed by atoms with E-state index in [9.17, 15) is 9.90 Å². The van der Waals surface area contributed by atoms with Crippen LogP contribution in [0.25, 0.3) is 0 Å². The number of likely N-dealkylation sites (tertiary alicyclic amines) is 1. The Bertz CT molecular complexity index is 396. The molecule has 1 saturated carbocycles. The minimum atomic E-state index is -0.358. The molecule has 4 heteroatoms. The lowest BCUT2D eigenvalue weighted by Gasteiger charge is -2.39. The van der Waals surface area contributed by atoms with Gasteiger partial charge in [-0.25, -0.2) is 0 Å². The Kier molecular flexibility index (Phi) is 2.95. The number of β-amino-alcohol motifs (C(OH)–C–C–N with tert-alkyl or cyclic N) is 1. The maximum atomic E-state index is 12.6. The summed E-state index contributed by atoms with van der Waals surface area (Å²) in [5, 5.41) is 12.7. The smallest absolute Gasteiger partial charge is 0.240 e. The highest BCUT2D eigenvalue weighted by molar-refractivity contribution is 5.83. The van der Waals surface area contributed by atoms with Crippen LogP contribution in [0.15, 0.2) is 0 Å². The second kappa shape index (κ2) is 4.19. The van der Waals surface area contributed by atoms with Gasteiger partial charge in [0.15, 0.2) is 0 Å². The number of aliphatic hydroxyl groups excluding tert-OH is 1. The van der Waals surface area contributed by atoms with Crippen LogP contribution in [-0.4, -0.2) is 47.2 Å². The Balaban J connectivity index is 1.75. The van der Waals surface area contributed by atoms with E-state index in [0.717, 1.165) is 19.4 Å². The van der Waals surface area contributed by atoms with Gasteiger partial charge in [-0.1, -0.05) is 20.8 Å². The highest BCUT2D eigenvalue weighted by Gasteiger charge is 2.52. The molecule has 108 valence electrons. The number of nitrogens with zero attached hydrogens (tertiary/aromatic N) is 1. The van der Waals surface area contributed by atoms with Crippen LogP contribution in [0.4, 0.5) is 0 Å². The van der Waals surface area contributed by atoms with Crippen LogP contribution in [0.3, 0.4) is 0 Å². The van der Waals surface area contributed by atoms with Crippen molar-refractivity contribution in [2.45, 2.75) is 64.6 Å². The number of carbonyl (C=O) groups is 1. The molecule has 1 amide bonds. The van der Waals surface area contributed by atoms with Crippen LogP contribution < -0.4 is 5.32 Å². The number of amides is 1. The summed E-state index contributed by atoms with van der Waals surface area (Å²) >= 11 is 0. The van der Waals surface area contributed by atoms with Crippen LogP contribution in [0, 0.1) is 10.8 Å². The molecule has 2 N–H and O–H groups in total. The highest BCUT2D eigenvalue weighted by Crippen LogP contribution is 2.52. The zero-order valence-corrected chi connectivity index (χ0v) is 12.3. The van der Waals surface area contributed by atoms with E-state index >= 15 is 0 Å². The summed E-state index contributed by atoms with van der Waals surface area (Å²) in [6.45, 7) is 8.42. The van der Waals surface area contributed by atoms with Crippen molar-refractivity contribution in [1.82, 2.24) is 10.2 Å². The number of rotatable bonds is 1. The predicted octanol–water partition coefficient (Wildman–Crippen LogP) is 1.14. The van der Waals surface area contributed by atoms with E-state index in [1.807, 2.05) is 0 Å². The van der Waals surface area contributed by atoms with Gasteiger partial charge >= 0.3 is 0 Å². The summed E-state index contributed by atoms with van der Waals surface area (Å²) in [6.07, 6.45) is 3.69. The van der Waals surface area contributed by atoms with Crippen molar-refractivity contribution >= 4 is 5.91 Å². The first-order valence-corrected chi connectivity index (χ1v) is 7.50. The number of hydrogen-bond acceptors (Lipinski definition) is 3.